The van der Waals surface area contributed by atoms with E-state index in [1.54, 1.807) is 24.3 Å². The third-order valence-electron chi connectivity index (χ3n) is 2.43. The molecule has 1 aromatic rings. The van der Waals surface area contributed by atoms with Crippen LogP contribution in [-0.4, -0.2) is 19.8 Å². The predicted molar refractivity (Wildman–Crippen MR) is 74.0 cm³/mol. The molecule has 0 spiro atoms. The van der Waals surface area contributed by atoms with Gasteiger partial charge in [0, 0.05) is 11.4 Å². The van der Waals surface area contributed by atoms with Crippen LogP contribution in [0.3, 0.4) is 0 Å². The summed E-state index contributed by atoms with van der Waals surface area (Å²) in [7, 11) is -3.37. The minimum absolute atomic E-state index is 0.188. The van der Waals surface area contributed by atoms with Crippen molar-refractivity contribution in [1.82, 2.24) is 4.72 Å². The van der Waals surface area contributed by atoms with Crippen molar-refractivity contribution in [2.24, 2.45) is 0 Å². The van der Waals surface area contributed by atoms with E-state index in [1.165, 1.54) is 0 Å². The van der Waals surface area contributed by atoms with Gasteiger partial charge in [-0.05, 0) is 25.5 Å². The maximum atomic E-state index is 11.9. The zero-order chi connectivity index (χ0) is 12.9. The average Bonchev–Trinajstić information content (AvgIpc) is 2.28. The second kappa shape index (κ2) is 6.52. The molecule has 1 N–H and O–H groups in total. The second-order valence-corrected chi connectivity index (χ2v) is 7.11. The Hall–Kier alpha value is -0.390. The van der Waals surface area contributed by atoms with Crippen molar-refractivity contribution in [3.8, 4) is 0 Å². The lowest BCUT2D eigenvalue weighted by Crippen LogP contribution is -2.29. The fraction of sp³-hybridized carbons (Fsp3) is 0.500. The molecule has 0 aliphatic rings. The SMILES string of the molecule is CCCC(Br)CNS(=O)(=O)c1ccc(C)cc1. The van der Waals surface area contributed by atoms with Crippen LogP contribution in [0.1, 0.15) is 25.3 Å². The molecule has 1 aromatic carbocycles. The number of hydrogen-bond donors (Lipinski definition) is 1. The summed E-state index contributed by atoms with van der Waals surface area (Å²) in [6.07, 6.45) is 1.98. The van der Waals surface area contributed by atoms with Gasteiger partial charge in [0.25, 0.3) is 0 Å². The highest BCUT2D eigenvalue weighted by Gasteiger charge is 2.14. The van der Waals surface area contributed by atoms with Gasteiger partial charge in [-0.1, -0.05) is 47.0 Å². The number of nitrogens with one attached hydrogen (secondary N) is 1. The highest BCUT2D eigenvalue weighted by atomic mass is 79.9. The Morgan fingerprint density at radius 1 is 1.29 bits per heavy atom. The maximum Gasteiger partial charge on any atom is 0.240 e. The van der Waals surface area contributed by atoms with Gasteiger partial charge in [0.2, 0.25) is 10.0 Å². The van der Waals surface area contributed by atoms with E-state index in [2.05, 4.69) is 27.6 Å². The maximum absolute atomic E-state index is 11.9. The van der Waals surface area contributed by atoms with Gasteiger partial charge >= 0.3 is 0 Å². The summed E-state index contributed by atoms with van der Waals surface area (Å²) in [6.45, 7) is 4.42. The molecule has 0 saturated heterocycles. The van der Waals surface area contributed by atoms with Gasteiger partial charge in [0.1, 0.15) is 0 Å². The molecule has 0 aliphatic carbocycles. The molecule has 5 heteroatoms. The van der Waals surface area contributed by atoms with Crippen molar-refractivity contribution in [2.45, 2.75) is 36.4 Å². The summed E-state index contributed by atoms with van der Waals surface area (Å²) >= 11 is 3.45. The first kappa shape index (κ1) is 14.7. The minimum atomic E-state index is -3.37. The zero-order valence-corrected chi connectivity index (χ0v) is 12.5. The van der Waals surface area contributed by atoms with Crippen molar-refractivity contribution >= 4 is 26.0 Å². The highest BCUT2D eigenvalue weighted by Crippen LogP contribution is 2.12. The Bertz CT molecular complexity index is 442. The van der Waals surface area contributed by atoms with E-state index in [-0.39, 0.29) is 4.83 Å². The van der Waals surface area contributed by atoms with Crippen LogP contribution in [0, 0.1) is 6.92 Å². The fourth-order valence-corrected chi connectivity index (χ4v) is 3.33. The van der Waals surface area contributed by atoms with Crippen LogP contribution in [-0.2, 0) is 10.0 Å². The topological polar surface area (TPSA) is 46.2 Å². The lowest BCUT2D eigenvalue weighted by Gasteiger charge is -2.10. The molecule has 0 saturated carbocycles. The Labute approximate surface area is 112 Å². The van der Waals surface area contributed by atoms with Gasteiger partial charge in [-0.25, -0.2) is 13.1 Å². The Kier molecular flexibility index (Phi) is 5.62. The van der Waals surface area contributed by atoms with Crippen LogP contribution >= 0.6 is 15.9 Å². The summed E-state index contributed by atoms with van der Waals surface area (Å²) in [5, 5.41) is 0. The van der Waals surface area contributed by atoms with Crippen LogP contribution in [0.15, 0.2) is 29.2 Å². The standard InChI is InChI=1S/C12H18BrNO2S/c1-3-4-11(13)9-14-17(15,16)12-7-5-10(2)6-8-12/h5-8,11,14H,3-4,9H2,1-2H3. The van der Waals surface area contributed by atoms with Crippen molar-refractivity contribution < 1.29 is 8.42 Å². The fourth-order valence-electron chi connectivity index (χ4n) is 1.42. The lowest BCUT2D eigenvalue weighted by molar-refractivity contribution is 0.578. The molecule has 3 nitrogen and oxygen atoms in total. The van der Waals surface area contributed by atoms with Crippen LogP contribution in [0.5, 0.6) is 0 Å². The number of aryl methyl sites for hydroxylation is 1. The van der Waals surface area contributed by atoms with E-state index in [1.807, 2.05) is 6.92 Å². The number of halogens is 1. The molecular formula is C12H18BrNO2S. The highest BCUT2D eigenvalue weighted by molar-refractivity contribution is 9.09. The Balaban J connectivity index is 2.66. The van der Waals surface area contributed by atoms with E-state index in [9.17, 15) is 8.42 Å². The molecule has 96 valence electrons. The summed E-state index contributed by atoms with van der Waals surface area (Å²) in [5.41, 5.74) is 1.05. The van der Waals surface area contributed by atoms with E-state index in [0.717, 1.165) is 18.4 Å². The van der Waals surface area contributed by atoms with Crippen LogP contribution in [0.2, 0.25) is 0 Å². The normalized spacial score (nSPS) is 13.6. The van der Waals surface area contributed by atoms with Gasteiger partial charge < -0.3 is 0 Å². The number of hydrogen-bond acceptors (Lipinski definition) is 2. The van der Waals surface area contributed by atoms with Gasteiger partial charge in [0.15, 0.2) is 0 Å². The molecule has 1 atom stereocenters. The predicted octanol–water partition coefficient (Wildman–Crippen LogP) is 2.84. The number of rotatable bonds is 6. The molecule has 0 aromatic heterocycles. The quantitative estimate of drug-likeness (QED) is 0.819. The average molecular weight is 320 g/mol. The molecular weight excluding hydrogens is 302 g/mol. The van der Waals surface area contributed by atoms with Crippen molar-refractivity contribution in [3.63, 3.8) is 0 Å². The summed E-state index contributed by atoms with van der Waals surface area (Å²) in [5.74, 6) is 0. The molecule has 17 heavy (non-hydrogen) atoms. The molecule has 0 heterocycles. The zero-order valence-electron chi connectivity index (χ0n) is 10.1. The molecule has 0 aliphatic heterocycles. The van der Waals surface area contributed by atoms with Crippen LogP contribution < -0.4 is 4.72 Å². The van der Waals surface area contributed by atoms with E-state index >= 15 is 0 Å². The van der Waals surface area contributed by atoms with Crippen LogP contribution in [0.25, 0.3) is 0 Å². The second-order valence-electron chi connectivity index (χ2n) is 4.05. The third-order valence-corrected chi connectivity index (χ3v) is 4.65. The van der Waals surface area contributed by atoms with Gasteiger partial charge in [-0.2, -0.15) is 0 Å². The number of sulfonamides is 1. The largest absolute Gasteiger partial charge is 0.240 e. The Morgan fingerprint density at radius 3 is 2.41 bits per heavy atom. The molecule has 0 amide bonds. The number of benzene rings is 1. The van der Waals surface area contributed by atoms with E-state index in [0.29, 0.717) is 11.4 Å². The number of alkyl halides is 1. The monoisotopic (exact) mass is 319 g/mol. The van der Waals surface area contributed by atoms with Gasteiger partial charge in [-0.15, -0.1) is 0 Å². The first-order valence-corrected chi connectivity index (χ1v) is 8.06. The first-order valence-electron chi connectivity index (χ1n) is 5.66. The van der Waals surface area contributed by atoms with Crippen molar-refractivity contribution in [3.05, 3.63) is 29.8 Å². The summed E-state index contributed by atoms with van der Waals surface area (Å²) in [4.78, 5) is 0.507. The van der Waals surface area contributed by atoms with Gasteiger partial charge in [-0.3, -0.25) is 0 Å². The summed E-state index contributed by atoms with van der Waals surface area (Å²) in [6, 6.07) is 6.85. The van der Waals surface area contributed by atoms with E-state index in [4.69, 9.17) is 0 Å². The molecule has 0 bridgehead atoms. The van der Waals surface area contributed by atoms with Crippen molar-refractivity contribution in [2.75, 3.05) is 6.54 Å². The lowest BCUT2D eigenvalue weighted by atomic mass is 10.2. The first-order chi connectivity index (χ1) is 7.95. The third kappa shape index (κ3) is 4.77. The molecule has 0 radical (unpaired) electrons. The van der Waals surface area contributed by atoms with Crippen molar-refractivity contribution in [1.29, 1.82) is 0 Å². The summed E-state index contributed by atoms with van der Waals surface area (Å²) < 4.78 is 26.4. The van der Waals surface area contributed by atoms with Crippen LogP contribution in [0.4, 0.5) is 0 Å². The Morgan fingerprint density at radius 2 is 1.88 bits per heavy atom. The minimum Gasteiger partial charge on any atom is -0.210 e. The van der Waals surface area contributed by atoms with Gasteiger partial charge in [0.05, 0.1) is 4.90 Å². The van der Waals surface area contributed by atoms with E-state index < -0.39 is 10.0 Å². The molecule has 0 fully saturated rings. The smallest absolute Gasteiger partial charge is 0.210 e. The molecule has 1 rings (SSSR count). The molecule has 1 unspecified atom stereocenters.